The summed E-state index contributed by atoms with van der Waals surface area (Å²) in [5, 5.41) is 0.670. The number of hydrogen-bond acceptors (Lipinski definition) is 6. The number of aromatic nitrogens is 1. The first-order valence-corrected chi connectivity index (χ1v) is 8.85. The molecule has 1 amide bonds. The Hall–Kier alpha value is -2.38. The fraction of sp³-hybridized carbons (Fsp3) is 0.333. The molecule has 2 aromatic heterocycles. The molecule has 7 heteroatoms. The van der Waals surface area contributed by atoms with Gasteiger partial charge in [0.05, 0.1) is 23.6 Å². The second kappa shape index (κ2) is 7.67. The highest BCUT2D eigenvalue weighted by molar-refractivity contribution is 7.22. The molecule has 3 aromatic rings. The molecule has 1 aromatic carbocycles. The average molecular weight is 359 g/mol. The number of benzene rings is 1. The van der Waals surface area contributed by atoms with E-state index in [-0.39, 0.29) is 5.91 Å². The summed E-state index contributed by atoms with van der Waals surface area (Å²) in [5.74, 6) is 0.927. The van der Waals surface area contributed by atoms with E-state index >= 15 is 0 Å². The predicted molar refractivity (Wildman–Crippen MR) is 99.7 cm³/mol. The van der Waals surface area contributed by atoms with Crippen molar-refractivity contribution in [3.05, 3.63) is 42.4 Å². The Balaban J connectivity index is 1.91. The van der Waals surface area contributed by atoms with E-state index < -0.39 is 0 Å². The van der Waals surface area contributed by atoms with Crippen molar-refractivity contribution in [2.45, 2.75) is 6.42 Å². The van der Waals surface area contributed by atoms with Crippen LogP contribution in [0.4, 0.5) is 5.13 Å². The lowest BCUT2D eigenvalue weighted by Gasteiger charge is -2.19. The summed E-state index contributed by atoms with van der Waals surface area (Å²) in [6.45, 7) is 1.47. The van der Waals surface area contributed by atoms with Crippen LogP contribution in [0.25, 0.3) is 10.2 Å². The molecule has 3 rings (SSSR count). The molecule has 0 fully saturated rings. The normalized spacial score (nSPS) is 11.2. The van der Waals surface area contributed by atoms with Gasteiger partial charge in [0.15, 0.2) is 10.9 Å². The van der Waals surface area contributed by atoms with E-state index in [0.29, 0.717) is 17.4 Å². The minimum absolute atomic E-state index is 0.172. The van der Waals surface area contributed by atoms with Gasteiger partial charge in [-0.1, -0.05) is 11.3 Å². The van der Waals surface area contributed by atoms with Gasteiger partial charge in [-0.25, -0.2) is 4.98 Å². The molecule has 0 spiro atoms. The Kier molecular flexibility index (Phi) is 5.35. The lowest BCUT2D eigenvalue weighted by Crippen LogP contribution is -2.33. The molecule has 0 aliphatic heterocycles. The number of nitrogens with zero attached hydrogens (tertiary/aromatic N) is 3. The van der Waals surface area contributed by atoms with E-state index in [1.165, 1.54) is 17.6 Å². The van der Waals surface area contributed by atoms with Gasteiger partial charge in [0, 0.05) is 6.54 Å². The summed E-state index contributed by atoms with van der Waals surface area (Å²) >= 11 is 1.48. The molecule has 132 valence electrons. The molecule has 0 bridgehead atoms. The Morgan fingerprint density at radius 3 is 2.80 bits per heavy atom. The fourth-order valence-corrected chi connectivity index (χ4v) is 3.52. The third kappa shape index (κ3) is 4.00. The molecule has 2 heterocycles. The van der Waals surface area contributed by atoms with Crippen LogP contribution < -0.4 is 9.64 Å². The largest absolute Gasteiger partial charge is 0.497 e. The van der Waals surface area contributed by atoms with E-state index in [4.69, 9.17) is 9.15 Å². The maximum atomic E-state index is 12.8. The van der Waals surface area contributed by atoms with Crippen molar-refractivity contribution in [2.75, 3.05) is 39.2 Å². The van der Waals surface area contributed by atoms with Gasteiger partial charge in [-0.05, 0) is 57.4 Å². The number of amides is 1. The fourth-order valence-electron chi connectivity index (χ4n) is 2.50. The maximum absolute atomic E-state index is 12.8. The van der Waals surface area contributed by atoms with Crippen LogP contribution in [-0.4, -0.2) is 50.1 Å². The minimum atomic E-state index is -0.172. The molecule has 0 unspecified atom stereocenters. The highest BCUT2D eigenvalue weighted by Crippen LogP contribution is 2.32. The zero-order valence-corrected chi connectivity index (χ0v) is 15.4. The number of anilines is 1. The lowest BCUT2D eigenvalue weighted by molar-refractivity contribution is 0.0959. The van der Waals surface area contributed by atoms with Crippen molar-refractivity contribution in [2.24, 2.45) is 0 Å². The minimum Gasteiger partial charge on any atom is -0.497 e. The van der Waals surface area contributed by atoms with Crippen LogP contribution in [0.5, 0.6) is 5.75 Å². The van der Waals surface area contributed by atoms with E-state index in [9.17, 15) is 4.79 Å². The van der Waals surface area contributed by atoms with Crippen LogP contribution in [0.15, 0.2) is 41.0 Å². The number of thiazole rings is 1. The van der Waals surface area contributed by atoms with Crippen molar-refractivity contribution < 1.29 is 13.9 Å². The van der Waals surface area contributed by atoms with Crippen LogP contribution >= 0.6 is 11.3 Å². The molecule has 0 radical (unpaired) electrons. The number of fused-ring (bicyclic) bond motifs is 1. The number of carbonyl (C=O) groups excluding carboxylic acids is 1. The Labute approximate surface area is 150 Å². The molecule has 0 aliphatic rings. The van der Waals surface area contributed by atoms with Crippen LogP contribution in [0, 0.1) is 0 Å². The standard InChI is InChI=1S/C18H21N3O3S/c1-20(2)9-5-10-21(17(22)15-6-4-11-24-15)18-19-14-8-7-13(23-3)12-16(14)25-18/h4,6-8,11-12H,5,9-10H2,1-3H3. The summed E-state index contributed by atoms with van der Waals surface area (Å²) in [5.41, 5.74) is 0.852. The van der Waals surface area contributed by atoms with Gasteiger partial charge in [0.25, 0.3) is 5.91 Å². The molecule has 25 heavy (non-hydrogen) atoms. The monoisotopic (exact) mass is 359 g/mol. The van der Waals surface area contributed by atoms with Crippen molar-refractivity contribution in [1.82, 2.24) is 9.88 Å². The number of ether oxygens (including phenoxy) is 1. The van der Waals surface area contributed by atoms with Gasteiger partial charge in [-0.3, -0.25) is 9.69 Å². The first kappa shape index (κ1) is 17.4. The number of hydrogen-bond donors (Lipinski definition) is 0. The highest BCUT2D eigenvalue weighted by atomic mass is 32.1. The topological polar surface area (TPSA) is 58.8 Å². The number of furan rings is 1. The molecular weight excluding hydrogens is 338 g/mol. The molecular formula is C18H21N3O3S. The van der Waals surface area contributed by atoms with Gasteiger partial charge >= 0.3 is 0 Å². The summed E-state index contributed by atoms with van der Waals surface area (Å²) < 4.78 is 11.5. The highest BCUT2D eigenvalue weighted by Gasteiger charge is 2.23. The van der Waals surface area contributed by atoms with Crippen molar-refractivity contribution in [1.29, 1.82) is 0 Å². The lowest BCUT2D eigenvalue weighted by atomic mass is 10.3. The van der Waals surface area contributed by atoms with Crippen LogP contribution in [-0.2, 0) is 0 Å². The van der Waals surface area contributed by atoms with Crippen LogP contribution in [0.1, 0.15) is 17.0 Å². The number of methoxy groups -OCH3 is 1. The van der Waals surface area contributed by atoms with Gasteiger partial charge < -0.3 is 14.1 Å². The number of carbonyl (C=O) groups is 1. The molecule has 0 aliphatic carbocycles. The molecule has 0 N–H and O–H groups in total. The van der Waals surface area contributed by atoms with E-state index in [1.807, 2.05) is 32.3 Å². The molecule has 0 atom stereocenters. The SMILES string of the molecule is COc1ccc2nc(N(CCCN(C)C)C(=O)c3ccco3)sc2c1. The molecule has 0 saturated carbocycles. The Morgan fingerprint density at radius 1 is 1.28 bits per heavy atom. The van der Waals surface area contributed by atoms with E-state index in [0.717, 1.165) is 28.9 Å². The zero-order chi connectivity index (χ0) is 17.8. The second-order valence-corrected chi connectivity index (χ2v) is 6.93. The summed E-state index contributed by atoms with van der Waals surface area (Å²) in [6, 6.07) is 9.11. The van der Waals surface area contributed by atoms with E-state index in [1.54, 1.807) is 24.1 Å². The van der Waals surface area contributed by atoms with E-state index in [2.05, 4.69) is 9.88 Å². The van der Waals surface area contributed by atoms with Gasteiger partial charge in [-0.15, -0.1) is 0 Å². The maximum Gasteiger partial charge on any atom is 0.295 e. The molecule has 0 saturated heterocycles. The average Bonchev–Trinajstić information content (AvgIpc) is 3.26. The molecule has 6 nitrogen and oxygen atoms in total. The third-order valence-electron chi connectivity index (χ3n) is 3.78. The third-order valence-corrected chi connectivity index (χ3v) is 4.82. The van der Waals surface area contributed by atoms with Gasteiger partial charge in [0.2, 0.25) is 0 Å². The predicted octanol–water partition coefficient (Wildman–Crippen LogP) is 3.50. The quantitative estimate of drug-likeness (QED) is 0.646. The van der Waals surface area contributed by atoms with Gasteiger partial charge in [0.1, 0.15) is 5.75 Å². The smallest absolute Gasteiger partial charge is 0.295 e. The Bertz CT molecular complexity index is 843. The first-order chi connectivity index (χ1) is 12.1. The van der Waals surface area contributed by atoms with Crippen molar-refractivity contribution >= 4 is 32.6 Å². The van der Waals surface area contributed by atoms with Gasteiger partial charge in [-0.2, -0.15) is 0 Å². The first-order valence-electron chi connectivity index (χ1n) is 8.03. The zero-order valence-electron chi connectivity index (χ0n) is 14.6. The van der Waals surface area contributed by atoms with Crippen molar-refractivity contribution in [3.63, 3.8) is 0 Å². The number of rotatable bonds is 7. The van der Waals surface area contributed by atoms with Crippen LogP contribution in [0.3, 0.4) is 0 Å². The second-order valence-electron chi connectivity index (χ2n) is 5.92. The summed E-state index contributed by atoms with van der Waals surface area (Å²) in [6.07, 6.45) is 2.35. The summed E-state index contributed by atoms with van der Waals surface area (Å²) in [7, 11) is 5.67. The van der Waals surface area contributed by atoms with Crippen molar-refractivity contribution in [3.8, 4) is 5.75 Å². The summed E-state index contributed by atoms with van der Waals surface area (Å²) in [4.78, 5) is 21.3. The Morgan fingerprint density at radius 2 is 2.12 bits per heavy atom. The van der Waals surface area contributed by atoms with Crippen LogP contribution in [0.2, 0.25) is 0 Å².